The average molecular weight is 225 g/mol. The number of benzene rings is 1. The summed E-state index contributed by atoms with van der Waals surface area (Å²) in [6, 6.07) is 6.07. The third kappa shape index (κ3) is 2.21. The summed E-state index contributed by atoms with van der Waals surface area (Å²) in [6.45, 7) is 1.07. The van der Waals surface area contributed by atoms with Gasteiger partial charge in [-0.05, 0) is 17.7 Å². The van der Waals surface area contributed by atoms with Crippen molar-refractivity contribution in [2.24, 2.45) is 0 Å². The van der Waals surface area contributed by atoms with E-state index in [1.165, 1.54) is 11.3 Å². The van der Waals surface area contributed by atoms with Crippen molar-refractivity contribution < 1.29 is 9.47 Å². The van der Waals surface area contributed by atoms with E-state index in [0.717, 1.165) is 18.0 Å². The van der Waals surface area contributed by atoms with Crippen LogP contribution < -0.4 is 14.8 Å². The summed E-state index contributed by atoms with van der Waals surface area (Å²) in [5.41, 5.74) is 1.25. The second-order valence-electron chi connectivity index (χ2n) is 3.32. The zero-order valence-electron chi connectivity index (χ0n) is 8.95. The van der Waals surface area contributed by atoms with Gasteiger partial charge in [-0.1, -0.05) is 6.07 Å². The van der Waals surface area contributed by atoms with Crippen molar-refractivity contribution in [1.29, 1.82) is 0 Å². The normalized spacial score (nSPS) is 20.3. The number of nitrogens with one attached hydrogen (secondary N) is 1. The van der Waals surface area contributed by atoms with Crippen molar-refractivity contribution in [3.8, 4) is 11.5 Å². The zero-order valence-corrected chi connectivity index (χ0v) is 9.76. The number of methoxy groups -OCH3 is 2. The number of ether oxygens (including phenoxy) is 2. The maximum atomic E-state index is 5.27. The molecule has 2 rings (SSSR count). The lowest BCUT2D eigenvalue weighted by Crippen LogP contribution is -2.12. The van der Waals surface area contributed by atoms with Gasteiger partial charge in [0, 0.05) is 12.3 Å². The van der Waals surface area contributed by atoms with E-state index >= 15 is 0 Å². The van der Waals surface area contributed by atoms with Crippen LogP contribution in [0.3, 0.4) is 0 Å². The van der Waals surface area contributed by atoms with Crippen molar-refractivity contribution in [3.63, 3.8) is 0 Å². The van der Waals surface area contributed by atoms with Crippen LogP contribution in [0.5, 0.6) is 11.5 Å². The molecule has 4 heteroatoms. The van der Waals surface area contributed by atoms with Gasteiger partial charge in [0.1, 0.15) is 0 Å². The van der Waals surface area contributed by atoms with E-state index in [1.54, 1.807) is 14.2 Å². The largest absolute Gasteiger partial charge is 0.493 e. The quantitative estimate of drug-likeness (QED) is 0.852. The first kappa shape index (κ1) is 10.6. The van der Waals surface area contributed by atoms with E-state index in [1.807, 2.05) is 23.9 Å². The second kappa shape index (κ2) is 4.77. The van der Waals surface area contributed by atoms with Crippen molar-refractivity contribution in [2.45, 2.75) is 5.37 Å². The molecule has 1 atom stereocenters. The minimum atomic E-state index is 0.393. The van der Waals surface area contributed by atoms with E-state index in [0.29, 0.717) is 5.37 Å². The molecule has 1 fully saturated rings. The summed E-state index contributed by atoms with van der Waals surface area (Å²) in [6.07, 6.45) is 0. The Hall–Kier alpha value is -0.870. The van der Waals surface area contributed by atoms with Gasteiger partial charge in [0.05, 0.1) is 19.6 Å². The summed E-state index contributed by atoms with van der Waals surface area (Å²) < 4.78 is 10.5. The molecule has 0 bridgehead atoms. The van der Waals surface area contributed by atoms with Gasteiger partial charge in [-0.2, -0.15) is 0 Å². The molecule has 0 amide bonds. The first-order valence-electron chi connectivity index (χ1n) is 4.92. The lowest BCUT2D eigenvalue weighted by molar-refractivity contribution is 0.354. The molecule has 1 aliphatic heterocycles. The number of hydrogen-bond acceptors (Lipinski definition) is 4. The predicted molar refractivity (Wildman–Crippen MR) is 62.7 cm³/mol. The van der Waals surface area contributed by atoms with Gasteiger partial charge in [0.25, 0.3) is 0 Å². The van der Waals surface area contributed by atoms with Crippen molar-refractivity contribution >= 4 is 11.8 Å². The van der Waals surface area contributed by atoms with Crippen LogP contribution in [0.4, 0.5) is 0 Å². The second-order valence-corrected chi connectivity index (χ2v) is 4.53. The van der Waals surface area contributed by atoms with Crippen LogP contribution >= 0.6 is 11.8 Å². The summed E-state index contributed by atoms with van der Waals surface area (Å²) in [4.78, 5) is 0. The van der Waals surface area contributed by atoms with E-state index < -0.39 is 0 Å². The van der Waals surface area contributed by atoms with Crippen LogP contribution in [-0.2, 0) is 0 Å². The average Bonchev–Trinajstić information content (AvgIpc) is 2.81. The highest BCUT2D eigenvalue weighted by molar-refractivity contribution is 7.99. The van der Waals surface area contributed by atoms with Gasteiger partial charge in [-0.15, -0.1) is 11.8 Å². The van der Waals surface area contributed by atoms with Crippen molar-refractivity contribution in [3.05, 3.63) is 23.8 Å². The Kier molecular flexibility index (Phi) is 3.38. The Bertz CT molecular complexity index is 337. The standard InChI is InChI=1S/C11H15NO2S/c1-13-9-4-3-8(7-10(9)14-2)11-12-5-6-15-11/h3-4,7,11-12H,5-6H2,1-2H3/t11-/m1/s1. The number of hydrogen-bond donors (Lipinski definition) is 1. The highest BCUT2D eigenvalue weighted by Gasteiger charge is 2.18. The molecule has 0 radical (unpaired) electrons. The maximum Gasteiger partial charge on any atom is 0.161 e. The van der Waals surface area contributed by atoms with Gasteiger partial charge in [-0.25, -0.2) is 0 Å². The van der Waals surface area contributed by atoms with E-state index in [4.69, 9.17) is 9.47 Å². The maximum absolute atomic E-state index is 5.27. The van der Waals surface area contributed by atoms with E-state index in [-0.39, 0.29) is 0 Å². The van der Waals surface area contributed by atoms with Crippen LogP contribution in [0, 0.1) is 0 Å². The first-order valence-corrected chi connectivity index (χ1v) is 5.97. The Morgan fingerprint density at radius 3 is 2.67 bits per heavy atom. The minimum Gasteiger partial charge on any atom is -0.493 e. The zero-order chi connectivity index (χ0) is 10.7. The fourth-order valence-corrected chi connectivity index (χ4v) is 2.70. The smallest absolute Gasteiger partial charge is 0.161 e. The third-order valence-corrected chi connectivity index (χ3v) is 3.64. The molecule has 3 nitrogen and oxygen atoms in total. The summed E-state index contributed by atoms with van der Waals surface area (Å²) in [7, 11) is 3.32. The fraction of sp³-hybridized carbons (Fsp3) is 0.455. The van der Waals surface area contributed by atoms with Crippen molar-refractivity contribution in [1.82, 2.24) is 5.32 Å². The molecule has 0 spiro atoms. The molecular weight excluding hydrogens is 210 g/mol. The van der Waals surface area contributed by atoms with Gasteiger partial charge >= 0.3 is 0 Å². The van der Waals surface area contributed by atoms with E-state index in [2.05, 4.69) is 11.4 Å². The molecule has 1 aliphatic rings. The van der Waals surface area contributed by atoms with Gasteiger partial charge < -0.3 is 14.8 Å². The summed E-state index contributed by atoms with van der Waals surface area (Å²) in [5, 5.41) is 3.82. The highest BCUT2D eigenvalue weighted by Crippen LogP contribution is 2.35. The van der Waals surface area contributed by atoms with E-state index in [9.17, 15) is 0 Å². The molecule has 0 unspecified atom stereocenters. The van der Waals surface area contributed by atoms with Crippen LogP contribution in [0.25, 0.3) is 0 Å². The molecule has 1 N–H and O–H groups in total. The molecule has 0 aliphatic carbocycles. The Labute approximate surface area is 94.2 Å². The molecule has 0 aromatic heterocycles. The highest BCUT2D eigenvalue weighted by atomic mass is 32.2. The lowest BCUT2D eigenvalue weighted by atomic mass is 10.2. The van der Waals surface area contributed by atoms with Crippen LogP contribution in [0.2, 0.25) is 0 Å². The molecule has 15 heavy (non-hydrogen) atoms. The van der Waals surface area contributed by atoms with Crippen LogP contribution in [0.1, 0.15) is 10.9 Å². The summed E-state index contributed by atoms with van der Waals surface area (Å²) in [5.74, 6) is 2.74. The molecule has 0 saturated carbocycles. The molecule has 1 heterocycles. The summed E-state index contributed by atoms with van der Waals surface area (Å²) >= 11 is 1.92. The van der Waals surface area contributed by atoms with Crippen molar-refractivity contribution in [2.75, 3.05) is 26.5 Å². The molecule has 82 valence electrons. The van der Waals surface area contributed by atoms with Crippen LogP contribution in [0.15, 0.2) is 18.2 Å². The number of thioether (sulfide) groups is 1. The molecule has 1 saturated heterocycles. The molecular formula is C11H15NO2S. The topological polar surface area (TPSA) is 30.5 Å². The van der Waals surface area contributed by atoms with Gasteiger partial charge in [-0.3, -0.25) is 0 Å². The fourth-order valence-electron chi connectivity index (χ4n) is 1.66. The number of rotatable bonds is 3. The Balaban J connectivity index is 2.25. The first-order chi connectivity index (χ1) is 7.35. The Morgan fingerprint density at radius 2 is 2.07 bits per heavy atom. The van der Waals surface area contributed by atoms with Gasteiger partial charge in [0.2, 0.25) is 0 Å². The molecule has 1 aromatic rings. The van der Waals surface area contributed by atoms with Gasteiger partial charge in [0.15, 0.2) is 11.5 Å². The third-order valence-electron chi connectivity index (χ3n) is 2.43. The lowest BCUT2D eigenvalue weighted by Gasteiger charge is -2.13. The predicted octanol–water partition coefficient (Wildman–Crippen LogP) is 2.04. The van der Waals surface area contributed by atoms with Crippen LogP contribution in [-0.4, -0.2) is 26.5 Å². The SMILES string of the molecule is COc1ccc([C@@H]2NCCS2)cc1OC. The molecule has 1 aromatic carbocycles. The monoisotopic (exact) mass is 225 g/mol. The Morgan fingerprint density at radius 1 is 1.27 bits per heavy atom. The minimum absolute atomic E-state index is 0.393.